The molecule has 0 aromatic carbocycles. The molecule has 1 aromatic rings. The van der Waals surface area contributed by atoms with Gasteiger partial charge in [0.2, 0.25) is 11.8 Å². The summed E-state index contributed by atoms with van der Waals surface area (Å²) < 4.78 is 7.09. The van der Waals surface area contributed by atoms with Gasteiger partial charge in [0.15, 0.2) is 0 Å². The molecule has 1 fully saturated rings. The first-order valence-corrected chi connectivity index (χ1v) is 9.07. The minimum absolute atomic E-state index is 0.0126. The molecule has 0 saturated carbocycles. The average Bonchev–Trinajstić information content (AvgIpc) is 2.89. The van der Waals surface area contributed by atoms with Gasteiger partial charge in [-0.2, -0.15) is 5.10 Å². The fourth-order valence-corrected chi connectivity index (χ4v) is 3.20. The summed E-state index contributed by atoms with van der Waals surface area (Å²) in [5.74, 6) is 0.0589. The molecule has 0 aliphatic carbocycles. The van der Waals surface area contributed by atoms with Crippen LogP contribution in [0.25, 0.3) is 0 Å². The highest BCUT2D eigenvalue weighted by Crippen LogP contribution is 2.18. The summed E-state index contributed by atoms with van der Waals surface area (Å²) in [6.45, 7) is 10.4. The zero-order chi connectivity index (χ0) is 18.4. The summed E-state index contributed by atoms with van der Waals surface area (Å²) in [4.78, 5) is 26.2. The number of carbonyl (C=O) groups excluding carboxylic acids is 2. The van der Waals surface area contributed by atoms with Gasteiger partial charge in [-0.25, -0.2) is 0 Å². The van der Waals surface area contributed by atoms with Gasteiger partial charge in [-0.15, -0.1) is 0 Å². The van der Waals surface area contributed by atoms with E-state index in [9.17, 15) is 9.59 Å². The van der Waals surface area contributed by atoms with Crippen molar-refractivity contribution in [3.63, 3.8) is 0 Å². The number of carbonyl (C=O) groups is 2. The molecule has 1 atom stereocenters. The van der Waals surface area contributed by atoms with E-state index in [1.165, 1.54) is 0 Å². The number of nitrogens with zero attached hydrogens (tertiary/aromatic N) is 3. The van der Waals surface area contributed by atoms with Crippen molar-refractivity contribution in [3.05, 3.63) is 17.5 Å². The van der Waals surface area contributed by atoms with E-state index in [2.05, 4.69) is 10.4 Å². The Hall–Kier alpha value is -1.89. The van der Waals surface area contributed by atoms with E-state index < -0.39 is 0 Å². The predicted molar refractivity (Wildman–Crippen MR) is 95.1 cm³/mol. The zero-order valence-electron chi connectivity index (χ0n) is 15.7. The van der Waals surface area contributed by atoms with Crippen molar-refractivity contribution in [2.75, 3.05) is 26.3 Å². The molecule has 0 bridgehead atoms. The largest absolute Gasteiger partial charge is 0.372 e. The molecule has 2 rings (SSSR count). The topological polar surface area (TPSA) is 76.5 Å². The lowest BCUT2D eigenvalue weighted by atomic mass is 9.95. The first-order chi connectivity index (χ1) is 11.9. The molecular weight excluding hydrogens is 320 g/mol. The Labute approximate surface area is 149 Å². The molecule has 1 N–H and O–H groups in total. The first kappa shape index (κ1) is 19.4. The van der Waals surface area contributed by atoms with Crippen LogP contribution < -0.4 is 5.32 Å². The summed E-state index contributed by atoms with van der Waals surface area (Å²) in [5.41, 5.74) is 2.08. The van der Waals surface area contributed by atoms with Crippen molar-refractivity contribution in [2.45, 2.75) is 53.1 Å². The van der Waals surface area contributed by atoms with Crippen LogP contribution in [0.15, 0.2) is 6.07 Å². The van der Waals surface area contributed by atoms with Crippen molar-refractivity contribution < 1.29 is 14.3 Å². The average molecular weight is 350 g/mol. The Morgan fingerprint density at radius 2 is 2.04 bits per heavy atom. The molecule has 7 nitrogen and oxygen atoms in total. The molecule has 1 aliphatic heterocycles. The third-order valence-corrected chi connectivity index (χ3v) is 4.59. The minimum Gasteiger partial charge on any atom is -0.372 e. The molecule has 1 aliphatic rings. The fourth-order valence-electron chi connectivity index (χ4n) is 3.20. The molecular formula is C18H30N4O3. The van der Waals surface area contributed by atoms with Crippen LogP contribution in [0, 0.1) is 19.8 Å². The van der Waals surface area contributed by atoms with Crippen molar-refractivity contribution in [3.8, 4) is 0 Å². The van der Waals surface area contributed by atoms with Crippen LogP contribution in [0.2, 0.25) is 0 Å². The van der Waals surface area contributed by atoms with Gasteiger partial charge >= 0.3 is 0 Å². The predicted octanol–water partition coefficient (Wildman–Crippen LogP) is 1.28. The second kappa shape index (κ2) is 8.99. The zero-order valence-corrected chi connectivity index (χ0v) is 15.7. The van der Waals surface area contributed by atoms with E-state index in [0.717, 1.165) is 11.4 Å². The summed E-state index contributed by atoms with van der Waals surface area (Å²) >= 11 is 0. The second-order valence-corrected chi connectivity index (χ2v) is 6.81. The normalized spacial score (nSPS) is 16.7. The van der Waals surface area contributed by atoms with Gasteiger partial charge < -0.3 is 15.0 Å². The number of amides is 2. The number of hydrogen-bond donors (Lipinski definition) is 1. The Kier molecular flexibility index (Phi) is 6.99. The van der Waals surface area contributed by atoms with Crippen molar-refractivity contribution >= 4 is 11.8 Å². The molecule has 0 unspecified atom stereocenters. The highest BCUT2D eigenvalue weighted by Gasteiger charge is 2.27. The Morgan fingerprint density at radius 3 is 2.60 bits per heavy atom. The van der Waals surface area contributed by atoms with E-state index in [-0.39, 0.29) is 30.4 Å². The van der Waals surface area contributed by atoms with Crippen LogP contribution in [0.5, 0.6) is 0 Å². The van der Waals surface area contributed by atoms with Crippen LogP contribution >= 0.6 is 0 Å². The smallest absolute Gasteiger partial charge is 0.248 e. The molecule has 2 heterocycles. The maximum absolute atomic E-state index is 12.5. The number of nitrogens with one attached hydrogen (secondary N) is 1. The van der Waals surface area contributed by atoms with Gasteiger partial charge in [0, 0.05) is 37.4 Å². The quantitative estimate of drug-likeness (QED) is 0.804. The fraction of sp³-hybridized carbons (Fsp3) is 0.722. The van der Waals surface area contributed by atoms with Gasteiger partial charge in [0.25, 0.3) is 0 Å². The van der Waals surface area contributed by atoms with Crippen LogP contribution in [0.4, 0.5) is 0 Å². The lowest BCUT2D eigenvalue weighted by molar-refractivity contribution is -0.139. The molecule has 2 amide bonds. The summed E-state index contributed by atoms with van der Waals surface area (Å²) in [7, 11) is 0. The Balaban J connectivity index is 1.76. The van der Waals surface area contributed by atoms with Crippen LogP contribution in [0.3, 0.4) is 0 Å². The first-order valence-electron chi connectivity index (χ1n) is 9.07. The van der Waals surface area contributed by atoms with Crippen molar-refractivity contribution in [1.29, 1.82) is 0 Å². The van der Waals surface area contributed by atoms with Gasteiger partial charge in [-0.3, -0.25) is 14.3 Å². The third kappa shape index (κ3) is 5.56. The third-order valence-electron chi connectivity index (χ3n) is 4.59. The van der Waals surface area contributed by atoms with E-state index in [1.54, 1.807) is 4.90 Å². The number of rotatable bonds is 7. The minimum atomic E-state index is -0.0287. The van der Waals surface area contributed by atoms with Crippen LogP contribution in [0.1, 0.15) is 38.1 Å². The maximum atomic E-state index is 12.5. The standard InChI is InChI=1S/C18H30N4O3/c1-5-25-12-17(23)21-8-6-16(7-9-21)18(24)19-14(3)11-22-15(4)10-13(2)20-22/h10,14,16H,5-9,11-12H2,1-4H3,(H,19,24)/t14-/m0/s1. The molecule has 140 valence electrons. The Morgan fingerprint density at radius 1 is 1.36 bits per heavy atom. The van der Waals surface area contributed by atoms with Gasteiger partial charge in [-0.1, -0.05) is 0 Å². The van der Waals surface area contributed by atoms with Crippen molar-refractivity contribution in [2.24, 2.45) is 5.92 Å². The Bertz CT molecular complexity index is 591. The summed E-state index contributed by atoms with van der Waals surface area (Å²) in [6.07, 6.45) is 1.41. The molecule has 25 heavy (non-hydrogen) atoms. The van der Waals surface area contributed by atoms with Gasteiger partial charge in [0.05, 0.1) is 12.2 Å². The number of ether oxygens (including phenoxy) is 1. The SMILES string of the molecule is CCOCC(=O)N1CCC(C(=O)N[C@@H](C)Cn2nc(C)cc2C)CC1. The highest BCUT2D eigenvalue weighted by atomic mass is 16.5. The number of aromatic nitrogens is 2. The van der Waals surface area contributed by atoms with E-state index in [1.807, 2.05) is 38.4 Å². The van der Waals surface area contributed by atoms with E-state index in [4.69, 9.17) is 4.74 Å². The number of hydrogen-bond acceptors (Lipinski definition) is 4. The summed E-state index contributed by atoms with van der Waals surface area (Å²) in [6, 6.07) is 2.05. The molecule has 0 radical (unpaired) electrons. The molecule has 7 heteroatoms. The number of aryl methyl sites for hydroxylation is 2. The van der Waals surface area contributed by atoms with Gasteiger partial charge in [-0.05, 0) is 46.6 Å². The lowest BCUT2D eigenvalue weighted by Gasteiger charge is -2.32. The maximum Gasteiger partial charge on any atom is 0.248 e. The van der Waals surface area contributed by atoms with Crippen LogP contribution in [-0.2, 0) is 20.9 Å². The monoisotopic (exact) mass is 350 g/mol. The van der Waals surface area contributed by atoms with E-state index >= 15 is 0 Å². The molecule has 1 saturated heterocycles. The highest BCUT2D eigenvalue weighted by molar-refractivity contribution is 5.80. The van der Waals surface area contributed by atoms with Crippen LogP contribution in [-0.4, -0.2) is 58.8 Å². The molecule has 0 spiro atoms. The van der Waals surface area contributed by atoms with Gasteiger partial charge in [0.1, 0.15) is 6.61 Å². The second-order valence-electron chi connectivity index (χ2n) is 6.81. The molecule has 1 aromatic heterocycles. The number of piperidine rings is 1. The number of likely N-dealkylation sites (tertiary alicyclic amines) is 1. The van der Waals surface area contributed by atoms with E-state index in [0.29, 0.717) is 39.1 Å². The lowest BCUT2D eigenvalue weighted by Crippen LogP contribution is -2.46. The van der Waals surface area contributed by atoms with Crippen molar-refractivity contribution in [1.82, 2.24) is 20.0 Å². The summed E-state index contributed by atoms with van der Waals surface area (Å²) in [5, 5.41) is 7.52.